The van der Waals surface area contributed by atoms with Gasteiger partial charge in [0, 0.05) is 0 Å². The third-order valence-corrected chi connectivity index (χ3v) is 4.59. The predicted octanol–water partition coefficient (Wildman–Crippen LogP) is -0.654. The van der Waals surface area contributed by atoms with Crippen molar-refractivity contribution in [1.82, 2.24) is 16.0 Å². The molecular formula is C19H36N4O6. The minimum Gasteiger partial charge on any atom is -0.480 e. The summed E-state index contributed by atoms with van der Waals surface area (Å²) in [5.41, 5.74) is 5.54. The molecule has 10 heteroatoms. The van der Waals surface area contributed by atoms with Crippen LogP contribution in [0.4, 0.5) is 0 Å². The van der Waals surface area contributed by atoms with Gasteiger partial charge in [0.25, 0.3) is 0 Å². The van der Waals surface area contributed by atoms with Crippen LogP contribution in [0.15, 0.2) is 0 Å². The quantitative estimate of drug-likeness (QED) is 0.245. The zero-order valence-corrected chi connectivity index (χ0v) is 18.1. The van der Waals surface area contributed by atoms with E-state index in [1.807, 2.05) is 20.8 Å². The molecule has 10 nitrogen and oxygen atoms in total. The Kier molecular flexibility index (Phi) is 11.4. The van der Waals surface area contributed by atoms with Crippen LogP contribution in [0.1, 0.15) is 54.4 Å². The summed E-state index contributed by atoms with van der Waals surface area (Å²) in [5, 5.41) is 26.6. The first-order chi connectivity index (χ1) is 13.3. The van der Waals surface area contributed by atoms with Gasteiger partial charge in [0.1, 0.15) is 18.1 Å². The Morgan fingerprint density at radius 3 is 1.72 bits per heavy atom. The molecule has 0 fully saturated rings. The molecule has 0 aliphatic carbocycles. The number of hydrogen-bond acceptors (Lipinski definition) is 6. The smallest absolute Gasteiger partial charge is 0.326 e. The van der Waals surface area contributed by atoms with Crippen molar-refractivity contribution in [3.63, 3.8) is 0 Å². The lowest BCUT2D eigenvalue weighted by atomic mass is 9.97. The van der Waals surface area contributed by atoms with Crippen LogP contribution < -0.4 is 21.7 Å². The van der Waals surface area contributed by atoms with E-state index in [-0.39, 0.29) is 18.3 Å². The van der Waals surface area contributed by atoms with Crippen molar-refractivity contribution in [2.45, 2.75) is 84.7 Å². The molecule has 0 aliphatic rings. The molecule has 0 radical (unpaired) electrons. The lowest BCUT2D eigenvalue weighted by Crippen LogP contribution is -2.60. The van der Waals surface area contributed by atoms with E-state index in [1.54, 1.807) is 6.92 Å². The van der Waals surface area contributed by atoms with Crippen LogP contribution in [0.3, 0.4) is 0 Å². The largest absolute Gasteiger partial charge is 0.480 e. The molecule has 168 valence electrons. The molecule has 0 aromatic carbocycles. The third-order valence-electron chi connectivity index (χ3n) is 4.59. The number of carboxylic acid groups (broad SMARTS) is 1. The monoisotopic (exact) mass is 416 g/mol. The summed E-state index contributed by atoms with van der Waals surface area (Å²) < 4.78 is 0. The van der Waals surface area contributed by atoms with E-state index in [0.29, 0.717) is 6.42 Å². The number of carboxylic acids is 1. The fourth-order valence-electron chi connectivity index (χ4n) is 2.59. The van der Waals surface area contributed by atoms with Gasteiger partial charge in [-0.15, -0.1) is 0 Å². The molecule has 0 saturated carbocycles. The van der Waals surface area contributed by atoms with Gasteiger partial charge < -0.3 is 31.9 Å². The van der Waals surface area contributed by atoms with E-state index in [9.17, 15) is 29.4 Å². The second-order valence-electron chi connectivity index (χ2n) is 7.92. The molecule has 0 aromatic heterocycles. The highest BCUT2D eigenvalue weighted by atomic mass is 16.4. The third kappa shape index (κ3) is 9.23. The Morgan fingerprint density at radius 1 is 0.862 bits per heavy atom. The van der Waals surface area contributed by atoms with Gasteiger partial charge in [0.15, 0.2) is 0 Å². The first kappa shape index (κ1) is 26.8. The van der Waals surface area contributed by atoms with E-state index in [2.05, 4.69) is 16.0 Å². The van der Waals surface area contributed by atoms with Crippen LogP contribution in [0.2, 0.25) is 0 Å². The number of hydrogen-bond donors (Lipinski definition) is 6. The molecule has 0 spiro atoms. The average molecular weight is 417 g/mol. The Bertz CT molecular complexity index is 579. The number of amides is 3. The Labute approximate surface area is 172 Å². The van der Waals surface area contributed by atoms with E-state index < -0.39 is 54.0 Å². The van der Waals surface area contributed by atoms with E-state index in [4.69, 9.17) is 5.73 Å². The van der Waals surface area contributed by atoms with Crippen LogP contribution >= 0.6 is 0 Å². The Balaban J connectivity index is 5.40. The lowest BCUT2D eigenvalue weighted by molar-refractivity contribution is -0.143. The topological polar surface area (TPSA) is 171 Å². The number of carbonyl (C=O) groups is 4. The molecule has 3 amide bonds. The molecule has 6 atom stereocenters. The summed E-state index contributed by atoms with van der Waals surface area (Å²) in [5.74, 6) is -3.45. The summed E-state index contributed by atoms with van der Waals surface area (Å²) in [6, 6.07) is -4.31. The fraction of sp³-hybridized carbons (Fsp3) is 0.789. The predicted molar refractivity (Wildman–Crippen MR) is 108 cm³/mol. The standard InChI is InChI=1S/C19H36N4O6/c1-7-10(4)14(22-16(25)11(5)20)17(26)23-15(12(6)24)18(27)21-13(19(28)29)8-9(2)3/h9-15,24H,7-8,20H2,1-6H3,(H,21,27)(H,22,25)(H,23,26)(H,28,29). The maximum absolute atomic E-state index is 12.7. The maximum Gasteiger partial charge on any atom is 0.326 e. The van der Waals surface area contributed by atoms with Crippen molar-refractivity contribution in [2.75, 3.05) is 0 Å². The van der Waals surface area contributed by atoms with Gasteiger partial charge in [-0.1, -0.05) is 34.1 Å². The number of nitrogens with two attached hydrogens (primary N) is 1. The Hall–Kier alpha value is -2.20. The van der Waals surface area contributed by atoms with Gasteiger partial charge in [0.05, 0.1) is 12.1 Å². The fourth-order valence-corrected chi connectivity index (χ4v) is 2.59. The van der Waals surface area contributed by atoms with Crippen LogP contribution in [0, 0.1) is 11.8 Å². The number of aliphatic carboxylic acids is 1. The van der Waals surface area contributed by atoms with Gasteiger partial charge in [-0.2, -0.15) is 0 Å². The van der Waals surface area contributed by atoms with Crippen molar-refractivity contribution >= 4 is 23.7 Å². The van der Waals surface area contributed by atoms with Crippen molar-refractivity contribution < 1.29 is 29.4 Å². The van der Waals surface area contributed by atoms with Gasteiger partial charge in [0.2, 0.25) is 17.7 Å². The molecule has 0 aromatic rings. The number of aliphatic hydroxyl groups excluding tert-OH is 1. The van der Waals surface area contributed by atoms with Gasteiger partial charge >= 0.3 is 5.97 Å². The molecule has 0 bridgehead atoms. The highest BCUT2D eigenvalue weighted by Gasteiger charge is 2.34. The number of nitrogens with one attached hydrogen (secondary N) is 3. The lowest BCUT2D eigenvalue weighted by Gasteiger charge is -2.28. The molecule has 7 N–H and O–H groups in total. The molecule has 0 rings (SSSR count). The van der Waals surface area contributed by atoms with Crippen LogP contribution in [-0.4, -0.2) is 64.2 Å². The van der Waals surface area contributed by atoms with E-state index >= 15 is 0 Å². The van der Waals surface area contributed by atoms with Gasteiger partial charge in [-0.3, -0.25) is 14.4 Å². The van der Waals surface area contributed by atoms with E-state index in [1.165, 1.54) is 13.8 Å². The molecule has 6 unspecified atom stereocenters. The van der Waals surface area contributed by atoms with Crippen LogP contribution in [0.5, 0.6) is 0 Å². The summed E-state index contributed by atoms with van der Waals surface area (Å²) in [7, 11) is 0. The average Bonchev–Trinajstić information content (AvgIpc) is 2.61. The normalized spacial score (nSPS) is 17.4. The molecule has 0 saturated heterocycles. The zero-order chi connectivity index (χ0) is 22.9. The highest BCUT2D eigenvalue weighted by molar-refractivity contribution is 5.94. The van der Waals surface area contributed by atoms with Crippen molar-refractivity contribution in [2.24, 2.45) is 17.6 Å². The Morgan fingerprint density at radius 2 is 1.34 bits per heavy atom. The minimum absolute atomic E-state index is 0.0132. The van der Waals surface area contributed by atoms with Crippen LogP contribution in [-0.2, 0) is 19.2 Å². The summed E-state index contributed by atoms with van der Waals surface area (Å²) in [4.78, 5) is 48.6. The summed E-state index contributed by atoms with van der Waals surface area (Å²) in [6.45, 7) is 10.0. The number of carbonyl (C=O) groups excluding carboxylic acids is 3. The second kappa shape index (κ2) is 12.4. The molecule has 0 heterocycles. The van der Waals surface area contributed by atoms with Crippen LogP contribution in [0.25, 0.3) is 0 Å². The molecule has 0 aliphatic heterocycles. The SMILES string of the molecule is CCC(C)C(NC(=O)C(C)N)C(=O)NC(C(=O)NC(CC(C)C)C(=O)O)C(C)O. The van der Waals surface area contributed by atoms with Crippen molar-refractivity contribution in [3.05, 3.63) is 0 Å². The highest BCUT2D eigenvalue weighted by Crippen LogP contribution is 2.10. The molecular weight excluding hydrogens is 380 g/mol. The van der Waals surface area contributed by atoms with Crippen molar-refractivity contribution in [3.8, 4) is 0 Å². The van der Waals surface area contributed by atoms with Gasteiger partial charge in [-0.05, 0) is 32.1 Å². The maximum atomic E-state index is 12.7. The summed E-state index contributed by atoms with van der Waals surface area (Å²) >= 11 is 0. The molecule has 29 heavy (non-hydrogen) atoms. The number of rotatable bonds is 12. The first-order valence-electron chi connectivity index (χ1n) is 9.89. The number of aliphatic hydroxyl groups is 1. The summed E-state index contributed by atoms with van der Waals surface area (Å²) in [6.07, 6.45) is -0.519. The van der Waals surface area contributed by atoms with E-state index in [0.717, 1.165) is 0 Å². The van der Waals surface area contributed by atoms with Gasteiger partial charge in [-0.25, -0.2) is 4.79 Å². The van der Waals surface area contributed by atoms with Crippen molar-refractivity contribution in [1.29, 1.82) is 0 Å². The zero-order valence-electron chi connectivity index (χ0n) is 18.1. The first-order valence-corrected chi connectivity index (χ1v) is 9.89. The minimum atomic E-state index is -1.38. The second-order valence-corrected chi connectivity index (χ2v) is 7.92.